The number of rotatable bonds is 7. The molecule has 0 aromatic heterocycles. The number of hydrogen-bond acceptors (Lipinski definition) is 4. The summed E-state index contributed by atoms with van der Waals surface area (Å²) in [5, 5.41) is 2.54. The van der Waals surface area contributed by atoms with E-state index in [4.69, 9.17) is 11.6 Å². The first-order valence-corrected chi connectivity index (χ1v) is 9.88. The predicted molar refractivity (Wildman–Crippen MR) is 92.3 cm³/mol. The standard InChI is InChI=1S/C15H21ClFN3O3S/c16-6-5-15(21)18-7-12-24(22,23)20-10-8-19(9-11-20)14-3-1-13(17)2-4-14/h1-4H,5-12H2,(H,18,21). The molecule has 1 aromatic rings. The molecule has 1 aliphatic heterocycles. The van der Waals surface area contributed by atoms with Crippen molar-refractivity contribution in [1.82, 2.24) is 9.62 Å². The van der Waals surface area contributed by atoms with Crippen molar-refractivity contribution in [2.45, 2.75) is 6.42 Å². The van der Waals surface area contributed by atoms with Crippen LogP contribution in [0, 0.1) is 5.82 Å². The van der Waals surface area contributed by atoms with Crippen molar-refractivity contribution in [2.24, 2.45) is 0 Å². The molecule has 24 heavy (non-hydrogen) atoms. The lowest BCUT2D eigenvalue weighted by atomic mass is 10.2. The first-order chi connectivity index (χ1) is 11.4. The maximum absolute atomic E-state index is 13.0. The zero-order valence-electron chi connectivity index (χ0n) is 13.2. The summed E-state index contributed by atoms with van der Waals surface area (Å²) >= 11 is 5.45. The van der Waals surface area contributed by atoms with Crippen LogP contribution in [0.2, 0.25) is 0 Å². The smallest absolute Gasteiger partial charge is 0.221 e. The Morgan fingerprint density at radius 2 is 1.79 bits per heavy atom. The number of piperazine rings is 1. The Labute approximate surface area is 146 Å². The first kappa shape index (κ1) is 19.0. The third-order valence-electron chi connectivity index (χ3n) is 3.83. The van der Waals surface area contributed by atoms with Crippen LogP contribution in [0.1, 0.15) is 6.42 Å². The van der Waals surface area contributed by atoms with Crippen molar-refractivity contribution in [3.05, 3.63) is 30.1 Å². The van der Waals surface area contributed by atoms with Gasteiger partial charge in [-0.15, -0.1) is 11.6 Å². The van der Waals surface area contributed by atoms with Gasteiger partial charge in [0.1, 0.15) is 5.82 Å². The first-order valence-electron chi connectivity index (χ1n) is 7.73. The summed E-state index contributed by atoms with van der Waals surface area (Å²) in [6.07, 6.45) is 0.179. The molecule has 0 aliphatic carbocycles. The molecule has 134 valence electrons. The van der Waals surface area contributed by atoms with E-state index in [1.807, 2.05) is 4.90 Å². The molecule has 1 fully saturated rings. The summed E-state index contributed by atoms with van der Waals surface area (Å²) in [6, 6.07) is 6.15. The van der Waals surface area contributed by atoms with E-state index >= 15 is 0 Å². The summed E-state index contributed by atoms with van der Waals surface area (Å²) in [5.41, 5.74) is 0.877. The van der Waals surface area contributed by atoms with Crippen molar-refractivity contribution in [3.8, 4) is 0 Å². The fraction of sp³-hybridized carbons (Fsp3) is 0.533. The number of sulfonamides is 1. The van der Waals surface area contributed by atoms with E-state index in [9.17, 15) is 17.6 Å². The van der Waals surface area contributed by atoms with Crippen LogP contribution in [0.25, 0.3) is 0 Å². The molecule has 0 spiro atoms. The van der Waals surface area contributed by atoms with E-state index in [-0.39, 0.29) is 36.3 Å². The van der Waals surface area contributed by atoms with Crippen LogP contribution in [0.3, 0.4) is 0 Å². The van der Waals surface area contributed by atoms with Gasteiger partial charge in [-0.1, -0.05) is 0 Å². The minimum Gasteiger partial charge on any atom is -0.369 e. The number of halogens is 2. The van der Waals surface area contributed by atoms with Crippen LogP contribution in [-0.4, -0.2) is 63.0 Å². The van der Waals surface area contributed by atoms with Gasteiger partial charge >= 0.3 is 0 Å². The quantitative estimate of drug-likeness (QED) is 0.720. The molecule has 0 radical (unpaired) electrons. The lowest BCUT2D eigenvalue weighted by Gasteiger charge is -2.35. The topological polar surface area (TPSA) is 69.7 Å². The third kappa shape index (κ3) is 5.32. The molecular formula is C15H21ClFN3O3S. The summed E-state index contributed by atoms with van der Waals surface area (Å²) in [5.74, 6) is -0.459. The zero-order valence-corrected chi connectivity index (χ0v) is 14.8. The number of alkyl halides is 1. The monoisotopic (exact) mass is 377 g/mol. The van der Waals surface area contributed by atoms with Gasteiger partial charge in [0.2, 0.25) is 15.9 Å². The number of nitrogens with zero attached hydrogens (tertiary/aromatic N) is 2. The van der Waals surface area contributed by atoms with Gasteiger partial charge in [-0.3, -0.25) is 4.79 Å². The van der Waals surface area contributed by atoms with Gasteiger partial charge in [0, 0.05) is 50.7 Å². The molecule has 0 unspecified atom stereocenters. The molecule has 6 nitrogen and oxygen atoms in total. The molecule has 1 amide bonds. The summed E-state index contributed by atoms with van der Waals surface area (Å²) < 4.78 is 39.0. The molecule has 0 atom stereocenters. The molecule has 1 aliphatic rings. The van der Waals surface area contributed by atoms with E-state index < -0.39 is 10.0 Å². The average molecular weight is 378 g/mol. The third-order valence-corrected chi connectivity index (χ3v) is 5.89. The molecule has 0 bridgehead atoms. The fourth-order valence-electron chi connectivity index (χ4n) is 2.50. The van der Waals surface area contributed by atoms with Crippen LogP contribution >= 0.6 is 11.6 Å². The number of amides is 1. The van der Waals surface area contributed by atoms with Crippen LogP contribution in [0.4, 0.5) is 10.1 Å². The highest BCUT2D eigenvalue weighted by molar-refractivity contribution is 7.89. The van der Waals surface area contributed by atoms with Crippen LogP contribution in [0.15, 0.2) is 24.3 Å². The Morgan fingerprint density at radius 3 is 2.38 bits per heavy atom. The number of benzene rings is 1. The molecule has 1 aromatic carbocycles. The maximum Gasteiger partial charge on any atom is 0.221 e. The number of anilines is 1. The molecule has 1 heterocycles. The molecule has 9 heteroatoms. The van der Waals surface area contributed by atoms with Gasteiger partial charge in [0.15, 0.2) is 0 Å². The lowest BCUT2D eigenvalue weighted by molar-refractivity contribution is -0.120. The largest absolute Gasteiger partial charge is 0.369 e. The lowest BCUT2D eigenvalue weighted by Crippen LogP contribution is -2.50. The van der Waals surface area contributed by atoms with Crippen molar-refractivity contribution in [1.29, 1.82) is 0 Å². The van der Waals surface area contributed by atoms with E-state index in [1.54, 1.807) is 12.1 Å². The minimum absolute atomic E-state index is 0.0796. The van der Waals surface area contributed by atoms with E-state index in [1.165, 1.54) is 16.4 Å². The average Bonchev–Trinajstić information content (AvgIpc) is 2.56. The van der Waals surface area contributed by atoms with E-state index in [0.29, 0.717) is 26.2 Å². The number of nitrogens with one attached hydrogen (secondary N) is 1. The molecular weight excluding hydrogens is 357 g/mol. The fourth-order valence-corrected chi connectivity index (χ4v) is 4.01. The normalized spacial score (nSPS) is 16.2. The summed E-state index contributed by atoms with van der Waals surface area (Å²) in [7, 11) is -3.41. The minimum atomic E-state index is -3.41. The van der Waals surface area contributed by atoms with Crippen molar-refractivity contribution >= 4 is 33.2 Å². The molecule has 1 saturated heterocycles. The van der Waals surface area contributed by atoms with E-state index in [0.717, 1.165) is 5.69 Å². The van der Waals surface area contributed by atoms with E-state index in [2.05, 4.69) is 5.32 Å². The Bertz CT molecular complexity index is 646. The SMILES string of the molecule is O=C(CCCl)NCCS(=O)(=O)N1CCN(c2ccc(F)cc2)CC1. The molecule has 2 rings (SSSR count). The highest BCUT2D eigenvalue weighted by Crippen LogP contribution is 2.18. The Hall–Kier alpha value is -1.38. The summed E-state index contributed by atoms with van der Waals surface area (Å²) in [6.45, 7) is 1.91. The second-order valence-corrected chi connectivity index (χ2v) is 7.93. The Balaban J connectivity index is 1.82. The summed E-state index contributed by atoms with van der Waals surface area (Å²) in [4.78, 5) is 13.3. The van der Waals surface area contributed by atoms with Gasteiger partial charge in [-0.25, -0.2) is 12.8 Å². The molecule has 0 saturated carbocycles. The van der Waals surface area contributed by atoms with Gasteiger partial charge < -0.3 is 10.2 Å². The van der Waals surface area contributed by atoms with Crippen LogP contribution in [-0.2, 0) is 14.8 Å². The van der Waals surface area contributed by atoms with Gasteiger partial charge in [-0.05, 0) is 24.3 Å². The highest BCUT2D eigenvalue weighted by atomic mass is 35.5. The second-order valence-electron chi connectivity index (χ2n) is 5.47. The Kier molecular flexibility index (Phi) is 6.82. The second kappa shape index (κ2) is 8.64. The predicted octanol–water partition coefficient (Wildman–Crippen LogP) is 1.02. The van der Waals surface area contributed by atoms with Crippen LogP contribution < -0.4 is 10.2 Å². The van der Waals surface area contributed by atoms with Crippen LogP contribution in [0.5, 0.6) is 0 Å². The van der Waals surface area contributed by atoms with Gasteiger partial charge in [0.05, 0.1) is 5.75 Å². The van der Waals surface area contributed by atoms with Crippen molar-refractivity contribution in [2.75, 3.05) is 49.3 Å². The van der Waals surface area contributed by atoms with Crippen molar-refractivity contribution in [3.63, 3.8) is 0 Å². The Morgan fingerprint density at radius 1 is 1.17 bits per heavy atom. The maximum atomic E-state index is 13.0. The highest BCUT2D eigenvalue weighted by Gasteiger charge is 2.26. The number of carbonyl (C=O) groups is 1. The van der Waals surface area contributed by atoms with Crippen molar-refractivity contribution < 1.29 is 17.6 Å². The number of carbonyl (C=O) groups excluding carboxylic acids is 1. The molecule has 1 N–H and O–H groups in total. The van der Waals surface area contributed by atoms with Gasteiger partial charge in [-0.2, -0.15) is 4.31 Å². The van der Waals surface area contributed by atoms with Gasteiger partial charge in [0.25, 0.3) is 0 Å². The number of hydrogen-bond donors (Lipinski definition) is 1. The zero-order chi connectivity index (χ0) is 17.6.